The van der Waals surface area contributed by atoms with E-state index in [1.807, 2.05) is 4.90 Å². The summed E-state index contributed by atoms with van der Waals surface area (Å²) in [6, 6.07) is 7.00. The molecule has 4 nitrogen and oxygen atoms in total. The number of carbonyl (C=O) groups excluding carboxylic acids is 1. The van der Waals surface area contributed by atoms with Crippen molar-refractivity contribution in [2.45, 2.75) is 45.6 Å². The molecule has 0 aliphatic heterocycles. The molecule has 0 aromatic heterocycles. The van der Waals surface area contributed by atoms with Gasteiger partial charge in [-0.2, -0.15) is 0 Å². The molecule has 1 amide bonds. The highest BCUT2D eigenvalue weighted by Gasteiger charge is 2.32. The number of carbonyl (C=O) groups is 2. The third-order valence-corrected chi connectivity index (χ3v) is 3.81. The number of aromatic carboxylic acids is 1. The minimum atomic E-state index is -0.940. The minimum Gasteiger partial charge on any atom is -0.478 e. The summed E-state index contributed by atoms with van der Waals surface area (Å²) in [5.41, 5.74) is 1.13. The van der Waals surface area contributed by atoms with Gasteiger partial charge in [-0.05, 0) is 42.9 Å². The number of nitrogens with zero attached hydrogens (tertiary/aromatic N) is 1. The van der Waals surface area contributed by atoms with E-state index in [1.165, 1.54) is 0 Å². The molecule has 4 heteroatoms. The Kier molecular flexibility index (Phi) is 4.99. The van der Waals surface area contributed by atoms with Crippen LogP contribution in [0.1, 0.15) is 49.0 Å². The van der Waals surface area contributed by atoms with Gasteiger partial charge in [-0.1, -0.05) is 26.0 Å². The van der Waals surface area contributed by atoms with Gasteiger partial charge in [0.25, 0.3) is 0 Å². The summed E-state index contributed by atoms with van der Waals surface area (Å²) in [7, 11) is 0. The summed E-state index contributed by atoms with van der Waals surface area (Å²) in [5.74, 6) is -0.195. The van der Waals surface area contributed by atoms with Gasteiger partial charge in [0.05, 0.1) is 12.0 Å². The summed E-state index contributed by atoms with van der Waals surface area (Å²) >= 11 is 0. The molecule has 1 saturated carbocycles. The smallest absolute Gasteiger partial charge is 0.335 e. The Bertz CT molecular complexity index is 503. The largest absolute Gasteiger partial charge is 0.478 e. The number of benzene rings is 1. The first kappa shape index (κ1) is 15.5. The molecule has 0 radical (unpaired) electrons. The van der Waals surface area contributed by atoms with E-state index >= 15 is 0 Å². The second-order valence-corrected chi connectivity index (χ2v) is 6.18. The minimum absolute atomic E-state index is 0.154. The first-order chi connectivity index (χ1) is 9.97. The summed E-state index contributed by atoms with van der Waals surface area (Å²) in [5, 5.41) is 8.87. The molecule has 114 valence electrons. The molecule has 21 heavy (non-hydrogen) atoms. The van der Waals surface area contributed by atoms with Crippen LogP contribution in [0.2, 0.25) is 0 Å². The standard InChI is InChI=1S/C17H23NO3/c1-12(2)9-10-18(15-7-8-15)16(19)11-13-3-5-14(6-4-13)17(20)21/h3-6,12,15H,7-11H2,1-2H3,(H,20,21). The lowest BCUT2D eigenvalue weighted by Crippen LogP contribution is -2.35. The first-order valence-electron chi connectivity index (χ1n) is 7.59. The maximum atomic E-state index is 12.4. The van der Waals surface area contributed by atoms with Gasteiger partial charge in [0, 0.05) is 12.6 Å². The van der Waals surface area contributed by atoms with Crippen molar-refractivity contribution in [3.63, 3.8) is 0 Å². The van der Waals surface area contributed by atoms with Crippen LogP contribution >= 0.6 is 0 Å². The third kappa shape index (κ3) is 4.59. The van der Waals surface area contributed by atoms with Crippen molar-refractivity contribution in [1.29, 1.82) is 0 Å². The van der Waals surface area contributed by atoms with E-state index in [0.717, 1.165) is 31.4 Å². The monoisotopic (exact) mass is 289 g/mol. The molecule has 1 fully saturated rings. The molecule has 0 bridgehead atoms. The van der Waals surface area contributed by atoms with Gasteiger partial charge in [-0.25, -0.2) is 4.79 Å². The lowest BCUT2D eigenvalue weighted by atomic mass is 10.1. The van der Waals surface area contributed by atoms with Gasteiger partial charge < -0.3 is 10.0 Å². The number of rotatable bonds is 7. The average Bonchev–Trinajstić information content (AvgIpc) is 3.23. The molecule has 1 aromatic carbocycles. The van der Waals surface area contributed by atoms with Crippen LogP contribution in [0.25, 0.3) is 0 Å². The topological polar surface area (TPSA) is 57.6 Å². The number of hydrogen-bond acceptors (Lipinski definition) is 2. The predicted octanol–water partition coefficient (Wildman–Crippen LogP) is 2.96. The number of carboxylic acid groups (broad SMARTS) is 1. The normalized spacial score (nSPS) is 14.2. The molecular formula is C17H23NO3. The second kappa shape index (κ2) is 6.74. The van der Waals surface area contributed by atoms with Crippen molar-refractivity contribution in [2.24, 2.45) is 5.92 Å². The Hall–Kier alpha value is -1.84. The summed E-state index contributed by atoms with van der Waals surface area (Å²) in [6.45, 7) is 5.16. The molecule has 0 unspecified atom stereocenters. The van der Waals surface area contributed by atoms with Crippen molar-refractivity contribution >= 4 is 11.9 Å². The van der Waals surface area contributed by atoms with Crippen molar-refractivity contribution in [3.05, 3.63) is 35.4 Å². The highest BCUT2D eigenvalue weighted by molar-refractivity contribution is 5.87. The zero-order valence-corrected chi connectivity index (χ0v) is 12.7. The fraction of sp³-hybridized carbons (Fsp3) is 0.529. The average molecular weight is 289 g/mol. The van der Waals surface area contributed by atoms with Crippen molar-refractivity contribution in [2.75, 3.05) is 6.54 Å². The molecule has 1 aliphatic rings. The highest BCUT2D eigenvalue weighted by atomic mass is 16.4. The van der Waals surface area contributed by atoms with E-state index in [1.54, 1.807) is 24.3 Å². The van der Waals surface area contributed by atoms with Gasteiger partial charge in [0.1, 0.15) is 0 Å². The van der Waals surface area contributed by atoms with Crippen LogP contribution in [0.5, 0.6) is 0 Å². The zero-order chi connectivity index (χ0) is 15.4. The van der Waals surface area contributed by atoms with E-state index < -0.39 is 5.97 Å². The lowest BCUT2D eigenvalue weighted by Gasteiger charge is -2.23. The van der Waals surface area contributed by atoms with Crippen LogP contribution in [0.15, 0.2) is 24.3 Å². The predicted molar refractivity (Wildman–Crippen MR) is 81.3 cm³/mol. The fourth-order valence-corrected chi connectivity index (χ4v) is 2.34. The van der Waals surface area contributed by atoms with Gasteiger partial charge >= 0.3 is 5.97 Å². The van der Waals surface area contributed by atoms with E-state index in [4.69, 9.17) is 5.11 Å². The van der Waals surface area contributed by atoms with Crippen LogP contribution in [0.3, 0.4) is 0 Å². The van der Waals surface area contributed by atoms with E-state index in [2.05, 4.69) is 13.8 Å². The van der Waals surface area contributed by atoms with Crippen LogP contribution in [0, 0.1) is 5.92 Å². The molecule has 0 spiro atoms. The molecule has 1 aromatic rings. The second-order valence-electron chi connectivity index (χ2n) is 6.18. The molecule has 0 saturated heterocycles. The molecule has 1 N–H and O–H groups in total. The van der Waals surface area contributed by atoms with Crippen molar-refractivity contribution < 1.29 is 14.7 Å². The highest BCUT2D eigenvalue weighted by Crippen LogP contribution is 2.28. The quantitative estimate of drug-likeness (QED) is 0.839. The third-order valence-electron chi connectivity index (χ3n) is 3.81. The summed E-state index contributed by atoms with van der Waals surface area (Å²) in [4.78, 5) is 25.3. The Morgan fingerprint density at radius 3 is 2.33 bits per heavy atom. The zero-order valence-electron chi connectivity index (χ0n) is 12.7. The van der Waals surface area contributed by atoms with E-state index in [9.17, 15) is 9.59 Å². The van der Waals surface area contributed by atoms with Gasteiger partial charge in [-0.3, -0.25) is 4.79 Å². The molecule has 0 atom stereocenters. The number of carboxylic acids is 1. The fourth-order valence-electron chi connectivity index (χ4n) is 2.34. The van der Waals surface area contributed by atoms with Crippen LogP contribution in [0.4, 0.5) is 0 Å². The summed E-state index contributed by atoms with van der Waals surface area (Å²) in [6.07, 6.45) is 3.61. The Labute approximate surface area is 125 Å². The number of hydrogen-bond donors (Lipinski definition) is 1. The van der Waals surface area contributed by atoms with Crippen molar-refractivity contribution in [3.8, 4) is 0 Å². The van der Waals surface area contributed by atoms with Gasteiger partial charge in [-0.15, -0.1) is 0 Å². The van der Waals surface area contributed by atoms with Crippen LogP contribution < -0.4 is 0 Å². The Morgan fingerprint density at radius 1 is 1.24 bits per heavy atom. The molecular weight excluding hydrogens is 266 g/mol. The maximum Gasteiger partial charge on any atom is 0.335 e. The van der Waals surface area contributed by atoms with Crippen LogP contribution in [-0.4, -0.2) is 34.5 Å². The van der Waals surface area contributed by atoms with E-state index in [-0.39, 0.29) is 11.5 Å². The van der Waals surface area contributed by atoms with E-state index in [0.29, 0.717) is 18.4 Å². The van der Waals surface area contributed by atoms with Gasteiger partial charge in [0.2, 0.25) is 5.91 Å². The Morgan fingerprint density at radius 2 is 1.86 bits per heavy atom. The van der Waals surface area contributed by atoms with Crippen LogP contribution in [-0.2, 0) is 11.2 Å². The van der Waals surface area contributed by atoms with Gasteiger partial charge in [0.15, 0.2) is 0 Å². The number of amides is 1. The van der Waals surface area contributed by atoms with Crippen molar-refractivity contribution in [1.82, 2.24) is 4.90 Å². The maximum absolute atomic E-state index is 12.4. The Balaban J connectivity index is 1.96. The molecule has 1 aliphatic carbocycles. The molecule has 2 rings (SSSR count). The first-order valence-corrected chi connectivity index (χ1v) is 7.59. The lowest BCUT2D eigenvalue weighted by molar-refractivity contribution is -0.131. The summed E-state index contributed by atoms with van der Waals surface area (Å²) < 4.78 is 0. The molecule has 0 heterocycles. The SMILES string of the molecule is CC(C)CCN(C(=O)Cc1ccc(C(=O)O)cc1)C1CC1.